The number of rotatable bonds is 1. The lowest BCUT2D eigenvalue weighted by Gasteiger charge is -2.32. The van der Waals surface area contributed by atoms with Crippen molar-refractivity contribution in [3.05, 3.63) is 35.1 Å². The number of phenolic OH excluding ortho intramolecular Hbond substituents is 1. The summed E-state index contributed by atoms with van der Waals surface area (Å²) in [7, 11) is 0. The second kappa shape index (κ2) is 4.00. The number of carbonyl (C=O) groups excluding carboxylic acids is 1. The number of carboxylic acid groups (broad SMARTS) is 1. The standard InChI is InChI=1S/C17H14O5/c1-17-5-4-8-6-9-10(16(20)21)7-22-15(9)14(19)13(8)11(17)2-3-12(17)18/h4-7,11,19H,2-3H2,1H3,(H,20,21)/t11-,17-/m0/s1. The molecule has 0 aliphatic heterocycles. The second-order valence-electron chi connectivity index (χ2n) is 6.19. The summed E-state index contributed by atoms with van der Waals surface area (Å²) in [6, 6.07) is 1.72. The third-order valence-electron chi connectivity index (χ3n) is 5.08. The molecule has 2 aromatic rings. The molecule has 5 nitrogen and oxygen atoms in total. The molecule has 2 N–H and O–H groups in total. The maximum atomic E-state index is 12.2. The Hall–Kier alpha value is -2.56. The number of phenols is 1. The number of aromatic carboxylic acids is 1. The Kier molecular flexibility index (Phi) is 2.39. The normalized spacial score (nSPS) is 26.2. The molecular formula is C17H14O5. The van der Waals surface area contributed by atoms with E-state index < -0.39 is 11.4 Å². The Labute approximate surface area is 125 Å². The number of fused-ring (bicyclic) bond motifs is 4. The average Bonchev–Trinajstić information content (AvgIpc) is 3.02. The molecule has 1 fully saturated rings. The summed E-state index contributed by atoms with van der Waals surface area (Å²) in [6.45, 7) is 1.89. The van der Waals surface area contributed by atoms with Gasteiger partial charge in [-0.1, -0.05) is 12.2 Å². The number of aromatic hydroxyl groups is 1. The molecule has 0 amide bonds. The van der Waals surface area contributed by atoms with Gasteiger partial charge in [-0.3, -0.25) is 4.79 Å². The number of carboxylic acids is 1. The van der Waals surface area contributed by atoms with Crippen molar-refractivity contribution >= 4 is 28.8 Å². The molecule has 1 aromatic carbocycles. The number of ketones is 1. The third-order valence-corrected chi connectivity index (χ3v) is 5.08. The lowest BCUT2D eigenvalue weighted by molar-refractivity contribution is -0.123. The van der Waals surface area contributed by atoms with Gasteiger partial charge in [0.25, 0.3) is 0 Å². The van der Waals surface area contributed by atoms with E-state index in [1.165, 1.54) is 0 Å². The van der Waals surface area contributed by atoms with Gasteiger partial charge in [-0.25, -0.2) is 4.79 Å². The third kappa shape index (κ3) is 1.43. The molecule has 1 aromatic heterocycles. The molecule has 0 spiro atoms. The van der Waals surface area contributed by atoms with Crippen LogP contribution in [-0.2, 0) is 4.79 Å². The fraction of sp³-hybridized carbons (Fsp3) is 0.294. The molecule has 0 bridgehead atoms. The summed E-state index contributed by atoms with van der Waals surface area (Å²) in [4.78, 5) is 23.4. The predicted molar refractivity (Wildman–Crippen MR) is 79.0 cm³/mol. The highest BCUT2D eigenvalue weighted by atomic mass is 16.4. The largest absolute Gasteiger partial charge is 0.504 e. The predicted octanol–water partition coefficient (Wildman–Crippen LogP) is 3.32. The first-order chi connectivity index (χ1) is 10.4. The van der Waals surface area contributed by atoms with E-state index in [4.69, 9.17) is 4.42 Å². The molecule has 5 heteroatoms. The Morgan fingerprint density at radius 1 is 1.45 bits per heavy atom. The summed E-state index contributed by atoms with van der Waals surface area (Å²) < 4.78 is 5.28. The zero-order chi connectivity index (χ0) is 15.6. The maximum Gasteiger partial charge on any atom is 0.339 e. The summed E-state index contributed by atoms with van der Waals surface area (Å²) in [5, 5.41) is 20.2. The fourth-order valence-electron chi connectivity index (χ4n) is 3.81. The lowest BCUT2D eigenvalue weighted by atomic mass is 9.70. The van der Waals surface area contributed by atoms with Crippen LogP contribution in [-0.4, -0.2) is 22.0 Å². The Morgan fingerprint density at radius 2 is 2.23 bits per heavy atom. The van der Waals surface area contributed by atoms with E-state index in [0.717, 1.165) is 11.8 Å². The van der Waals surface area contributed by atoms with Crippen molar-refractivity contribution in [2.45, 2.75) is 25.7 Å². The molecule has 1 heterocycles. The molecule has 0 saturated heterocycles. The minimum atomic E-state index is -1.10. The monoisotopic (exact) mass is 298 g/mol. The average molecular weight is 298 g/mol. The van der Waals surface area contributed by atoms with Crippen molar-refractivity contribution in [3.8, 4) is 5.75 Å². The van der Waals surface area contributed by atoms with Crippen LogP contribution in [0.3, 0.4) is 0 Å². The number of hydrogen-bond donors (Lipinski definition) is 2. The number of benzene rings is 1. The summed E-state index contributed by atoms with van der Waals surface area (Å²) in [5.74, 6) is -1.07. The van der Waals surface area contributed by atoms with E-state index in [-0.39, 0.29) is 28.6 Å². The highest BCUT2D eigenvalue weighted by molar-refractivity contribution is 6.05. The van der Waals surface area contributed by atoms with Crippen LogP contribution in [0.2, 0.25) is 0 Å². The molecule has 112 valence electrons. The van der Waals surface area contributed by atoms with Gasteiger partial charge in [0.15, 0.2) is 11.3 Å². The van der Waals surface area contributed by atoms with Crippen molar-refractivity contribution in [1.82, 2.24) is 0 Å². The molecular weight excluding hydrogens is 284 g/mol. The van der Waals surface area contributed by atoms with Gasteiger partial charge in [-0.2, -0.15) is 0 Å². The van der Waals surface area contributed by atoms with E-state index in [2.05, 4.69) is 0 Å². The maximum absolute atomic E-state index is 12.2. The zero-order valence-corrected chi connectivity index (χ0v) is 11.9. The van der Waals surface area contributed by atoms with Crippen LogP contribution in [0.15, 0.2) is 22.8 Å². The number of allylic oxidation sites excluding steroid dienone is 1. The second-order valence-corrected chi connectivity index (χ2v) is 6.19. The van der Waals surface area contributed by atoms with E-state index in [0.29, 0.717) is 23.8 Å². The summed E-state index contributed by atoms with van der Waals surface area (Å²) in [6.07, 6.45) is 5.98. The molecule has 1 saturated carbocycles. The van der Waals surface area contributed by atoms with Crippen molar-refractivity contribution in [2.24, 2.45) is 5.41 Å². The van der Waals surface area contributed by atoms with Crippen LogP contribution in [0.25, 0.3) is 17.0 Å². The molecule has 2 aliphatic rings. The highest BCUT2D eigenvalue weighted by Crippen LogP contribution is 2.55. The van der Waals surface area contributed by atoms with E-state index in [1.807, 2.05) is 13.0 Å². The molecule has 0 radical (unpaired) electrons. The van der Waals surface area contributed by atoms with Gasteiger partial charge in [-0.15, -0.1) is 0 Å². The lowest BCUT2D eigenvalue weighted by Crippen LogP contribution is -2.27. The molecule has 22 heavy (non-hydrogen) atoms. The first-order valence-corrected chi connectivity index (χ1v) is 7.16. The van der Waals surface area contributed by atoms with Crippen molar-refractivity contribution in [2.75, 3.05) is 0 Å². The first kappa shape index (κ1) is 13.1. The van der Waals surface area contributed by atoms with Crippen molar-refractivity contribution in [3.63, 3.8) is 0 Å². The molecule has 4 rings (SSSR count). The molecule has 0 unspecified atom stereocenters. The summed E-state index contributed by atoms with van der Waals surface area (Å²) >= 11 is 0. The van der Waals surface area contributed by atoms with Crippen molar-refractivity contribution in [1.29, 1.82) is 0 Å². The van der Waals surface area contributed by atoms with Crippen LogP contribution in [0.5, 0.6) is 5.75 Å². The van der Waals surface area contributed by atoms with Gasteiger partial charge in [0.1, 0.15) is 17.6 Å². The number of furan rings is 1. The van der Waals surface area contributed by atoms with Gasteiger partial charge in [0.2, 0.25) is 0 Å². The Morgan fingerprint density at radius 3 is 2.95 bits per heavy atom. The Bertz CT molecular complexity index is 873. The number of hydrogen-bond acceptors (Lipinski definition) is 4. The van der Waals surface area contributed by atoms with Crippen LogP contribution < -0.4 is 0 Å². The van der Waals surface area contributed by atoms with Gasteiger partial charge in [0, 0.05) is 23.3 Å². The number of carbonyl (C=O) groups is 2. The number of Topliss-reactive ketones (excluding diaryl/α,β-unsaturated/α-hetero) is 1. The van der Waals surface area contributed by atoms with Crippen LogP contribution in [0, 0.1) is 5.41 Å². The van der Waals surface area contributed by atoms with E-state index in [9.17, 15) is 19.8 Å². The van der Waals surface area contributed by atoms with Gasteiger partial charge < -0.3 is 14.6 Å². The van der Waals surface area contributed by atoms with Gasteiger partial charge >= 0.3 is 5.97 Å². The first-order valence-electron chi connectivity index (χ1n) is 7.16. The van der Waals surface area contributed by atoms with E-state index >= 15 is 0 Å². The highest BCUT2D eigenvalue weighted by Gasteiger charge is 2.48. The molecule has 2 aliphatic carbocycles. The van der Waals surface area contributed by atoms with E-state index in [1.54, 1.807) is 12.1 Å². The minimum absolute atomic E-state index is 0.0253. The van der Waals surface area contributed by atoms with Crippen LogP contribution in [0.1, 0.15) is 47.2 Å². The van der Waals surface area contributed by atoms with Crippen LogP contribution in [0.4, 0.5) is 0 Å². The fourth-order valence-corrected chi connectivity index (χ4v) is 3.81. The SMILES string of the molecule is C[C@]12C=Cc3cc4c(C(=O)O)coc4c(O)c3[C@@H]1CCC2=O. The Balaban J connectivity index is 2.03. The summed E-state index contributed by atoms with van der Waals surface area (Å²) in [5.41, 5.74) is 1.05. The molecule has 2 atom stereocenters. The van der Waals surface area contributed by atoms with Crippen molar-refractivity contribution < 1.29 is 24.2 Å². The zero-order valence-electron chi connectivity index (χ0n) is 11.9. The van der Waals surface area contributed by atoms with Gasteiger partial charge in [-0.05, 0) is 25.0 Å². The van der Waals surface area contributed by atoms with Crippen LogP contribution >= 0.6 is 0 Å². The quantitative estimate of drug-likeness (QED) is 0.843. The minimum Gasteiger partial charge on any atom is -0.504 e. The smallest absolute Gasteiger partial charge is 0.339 e. The van der Waals surface area contributed by atoms with Gasteiger partial charge in [0.05, 0.1) is 5.41 Å². The topological polar surface area (TPSA) is 87.7 Å².